The van der Waals surface area contributed by atoms with Crippen molar-refractivity contribution in [3.05, 3.63) is 65.5 Å². The molecule has 1 aromatic carbocycles. The van der Waals surface area contributed by atoms with Gasteiger partial charge in [0.25, 0.3) is 5.91 Å². The molecule has 3 fully saturated rings. The second-order valence-electron chi connectivity index (χ2n) is 15.2. The highest BCUT2D eigenvalue weighted by atomic mass is 16.6. The van der Waals surface area contributed by atoms with Crippen LogP contribution in [0.1, 0.15) is 93.1 Å². The van der Waals surface area contributed by atoms with Crippen LogP contribution < -0.4 is 16.0 Å². The fourth-order valence-corrected chi connectivity index (χ4v) is 7.94. The molecule has 284 valence electrons. The van der Waals surface area contributed by atoms with Gasteiger partial charge in [-0.15, -0.1) is 0 Å². The molecule has 53 heavy (non-hydrogen) atoms. The maximum absolute atomic E-state index is 14.5. The summed E-state index contributed by atoms with van der Waals surface area (Å²) in [6.07, 6.45) is 7.43. The largest absolute Gasteiger partial charge is 0.479 e. The topological polar surface area (TPSA) is 187 Å². The Labute approximate surface area is 309 Å². The van der Waals surface area contributed by atoms with E-state index in [-0.39, 0.29) is 36.8 Å². The van der Waals surface area contributed by atoms with Crippen LogP contribution >= 0.6 is 0 Å². The van der Waals surface area contributed by atoms with Crippen LogP contribution in [0.15, 0.2) is 48.8 Å². The molecule has 4 heterocycles. The Morgan fingerprint density at radius 3 is 2.45 bits per heavy atom. The zero-order chi connectivity index (χ0) is 37.7. The van der Waals surface area contributed by atoms with Crippen molar-refractivity contribution in [3.8, 4) is 0 Å². The monoisotopic (exact) mass is 730 g/mol. The Morgan fingerprint density at radius 2 is 1.74 bits per heavy atom. The molecule has 1 aromatic heterocycles. The summed E-state index contributed by atoms with van der Waals surface area (Å²) < 4.78 is 5.94. The minimum atomic E-state index is -1.41. The molecule has 0 spiro atoms. The van der Waals surface area contributed by atoms with Crippen molar-refractivity contribution in [1.82, 2.24) is 30.7 Å². The molecule has 2 aromatic rings. The van der Waals surface area contributed by atoms with Gasteiger partial charge in [-0.2, -0.15) is 0 Å². The van der Waals surface area contributed by atoms with Crippen LogP contribution in [0.25, 0.3) is 0 Å². The number of nitrogens with zero attached hydrogens (tertiary/aromatic N) is 3. The fraction of sp³-hybridized carbons (Fsp3) is 0.564. The first-order valence-corrected chi connectivity index (χ1v) is 18.9. The summed E-state index contributed by atoms with van der Waals surface area (Å²) in [5.41, 5.74) is 1.07. The number of carboxylic acids is 1. The first-order valence-electron chi connectivity index (χ1n) is 18.9. The van der Waals surface area contributed by atoms with E-state index in [1.165, 1.54) is 16.7 Å². The number of carboxylic acid groups (broad SMARTS) is 1. The molecule has 6 atom stereocenters. The summed E-state index contributed by atoms with van der Waals surface area (Å²) in [4.78, 5) is 88.3. The number of hydrogen-bond acceptors (Lipinski definition) is 8. The lowest BCUT2D eigenvalue weighted by molar-refractivity contribution is -0.146. The van der Waals surface area contributed by atoms with Gasteiger partial charge in [0.2, 0.25) is 17.7 Å². The molecule has 3 aliphatic heterocycles. The van der Waals surface area contributed by atoms with E-state index in [1.807, 2.05) is 24.3 Å². The molecule has 0 unspecified atom stereocenters. The molecule has 14 nitrogen and oxygen atoms in total. The Bertz CT molecular complexity index is 1700. The summed E-state index contributed by atoms with van der Waals surface area (Å²) in [7, 11) is 0. The summed E-state index contributed by atoms with van der Waals surface area (Å²) in [6.45, 7) is 4.31. The number of nitrogens with one attached hydrogen (secondary N) is 3. The predicted molar refractivity (Wildman–Crippen MR) is 192 cm³/mol. The fourth-order valence-electron chi connectivity index (χ4n) is 7.94. The van der Waals surface area contributed by atoms with Gasteiger partial charge in [0.15, 0.2) is 0 Å². The number of fused-ring (bicyclic) bond motifs is 3. The third kappa shape index (κ3) is 8.63. The van der Waals surface area contributed by atoms with Crippen LogP contribution in [0.3, 0.4) is 0 Å². The van der Waals surface area contributed by atoms with Gasteiger partial charge < -0.3 is 35.6 Å². The van der Waals surface area contributed by atoms with E-state index in [1.54, 1.807) is 37.1 Å². The average Bonchev–Trinajstić information content (AvgIpc) is 3.69. The molecule has 1 aliphatic carbocycles. The smallest absolute Gasteiger partial charge is 0.410 e. The van der Waals surface area contributed by atoms with Crippen molar-refractivity contribution in [2.24, 2.45) is 11.8 Å². The first-order chi connectivity index (χ1) is 25.5. The number of aliphatic carboxylic acids is 1. The van der Waals surface area contributed by atoms with Gasteiger partial charge in [0.1, 0.15) is 29.8 Å². The molecule has 14 heteroatoms. The van der Waals surface area contributed by atoms with Gasteiger partial charge in [-0.3, -0.25) is 24.2 Å². The number of rotatable bonds is 7. The number of amides is 5. The Balaban J connectivity index is 1.22. The molecule has 5 amide bonds. The van der Waals surface area contributed by atoms with Gasteiger partial charge >= 0.3 is 12.1 Å². The minimum Gasteiger partial charge on any atom is -0.479 e. The van der Waals surface area contributed by atoms with Crippen LogP contribution in [0.2, 0.25) is 0 Å². The minimum absolute atomic E-state index is 0.0233. The number of hydrogen-bond donors (Lipinski definition) is 4. The molecule has 0 radical (unpaired) electrons. The van der Waals surface area contributed by atoms with Crippen molar-refractivity contribution in [1.29, 1.82) is 0 Å². The normalized spacial score (nSPS) is 26.8. The van der Waals surface area contributed by atoms with Gasteiger partial charge in [-0.25, -0.2) is 9.59 Å². The average molecular weight is 731 g/mol. The Kier molecular flexibility index (Phi) is 11.6. The Hall–Kier alpha value is -5.01. The molecule has 4 N–H and O–H groups in total. The maximum Gasteiger partial charge on any atom is 0.410 e. The molecule has 0 bridgehead atoms. The van der Waals surface area contributed by atoms with Crippen LogP contribution in [0, 0.1) is 11.8 Å². The number of ether oxygens (including phenoxy) is 1. The highest BCUT2D eigenvalue weighted by Crippen LogP contribution is 2.47. The van der Waals surface area contributed by atoms with E-state index < -0.39 is 65.5 Å². The van der Waals surface area contributed by atoms with Gasteiger partial charge in [0, 0.05) is 31.9 Å². The van der Waals surface area contributed by atoms with E-state index in [9.17, 15) is 33.9 Å². The van der Waals surface area contributed by atoms with Crippen molar-refractivity contribution in [2.75, 3.05) is 13.1 Å². The predicted octanol–water partition coefficient (Wildman–Crippen LogP) is 3.19. The van der Waals surface area contributed by atoms with Gasteiger partial charge in [0.05, 0.1) is 12.1 Å². The molecule has 1 saturated carbocycles. The van der Waals surface area contributed by atoms with Crippen molar-refractivity contribution < 1.29 is 38.6 Å². The lowest BCUT2D eigenvalue weighted by Gasteiger charge is -2.31. The van der Waals surface area contributed by atoms with Crippen LogP contribution in [-0.2, 0) is 36.9 Å². The number of aromatic nitrogens is 1. The molecule has 4 aliphatic rings. The van der Waals surface area contributed by atoms with Crippen LogP contribution in [0.4, 0.5) is 4.79 Å². The highest BCUT2D eigenvalue weighted by Gasteiger charge is 2.62. The quantitative estimate of drug-likeness (QED) is 0.332. The van der Waals surface area contributed by atoms with E-state index in [2.05, 4.69) is 20.9 Å². The number of carbonyl (C=O) groups is 6. The third-order valence-corrected chi connectivity index (χ3v) is 11.2. The van der Waals surface area contributed by atoms with E-state index in [0.717, 1.165) is 31.2 Å². The summed E-state index contributed by atoms with van der Waals surface area (Å²) in [6, 6.07) is 7.94. The number of carbonyl (C=O) groups excluding carboxylic acids is 5. The van der Waals surface area contributed by atoms with Gasteiger partial charge in [-0.1, -0.05) is 70.2 Å². The SMILES string of the molecule is CC(C)[C@@H](NC(=O)c1cccnc1)C(=O)N[C@H]1CCCCCCC[C@@H]2C[C@@]2(C(=O)O)NC(=O)[C@@H]2C[C@@H](OC(=O)N3CCc4ccccc4C3)CN2C1=O. The highest BCUT2D eigenvalue weighted by molar-refractivity contribution is 5.99. The Morgan fingerprint density at radius 1 is 1.00 bits per heavy atom. The van der Waals surface area contributed by atoms with E-state index in [0.29, 0.717) is 38.8 Å². The summed E-state index contributed by atoms with van der Waals surface area (Å²) in [5.74, 6) is -3.84. The second kappa shape index (κ2) is 16.3. The zero-order valence-corrected chi connectivity index (χ0v) is 30.4. The second-order valence-corrected chi connectivity index (χ2v) is 15.2. The standard InChI is InChI=1S/C39H50N6O8/c1-24(2)32(42-33(46)26-13-10-17-40-21-26)35(48)41-30-15-7-5-3-4-6-14-28-20-39(28,37(50)51)43-34(47)31-19-29(23-45(31)36(30)49)53-38(52)44-18-16-25-11-8-9-12-27(25)22-44/h8-13,17,21,24,28-32H,3-7,14-16,18-20,22-23H2,1-2H3,(H,41,48)(H,42,46)(H,43,47)(H,50,51)/t28-,29-,30+,31+,32-,39-/m1/s1. The zero-order valence-electron chi connectivity index (χ0n) is 30.4. The van der Waals surface area contributed by atoms with Crippen LogP contribution in [0.5, 0.6) is 0 Å². The maximum atomic E-state index is 14.5. The van der Waals surface area contributed by atoms with Crippen molar-refractivity contribution >= 4 is 35.7 Å². The number of benzene rings is 1. The third-order valence-electron chi connectivity index (χ3n) is 11.2. The summed E-state index contributed by atoms with van der Waals surface area (Å²) in [5, 5.41) is 18.6. The van der Waals surface area contributed by atoms with E-state index in [4.69, 9.17) is 4.74 Å². The van der Waals surface area contributed by atoms with Gasteiger partial charge in [-0.05, 0) is 60.8 Å². The summed E-state index contributed by atoms with van der Waals surface area (Å²) >= 11 is 0. The van der Waals surface area contributed by atoms with E-state index >= 15 is 0 Å². The lowest BCUT2D eigenvalue weighted by atomic mass is 10.00. The molecule has 2 saturated heterocycles. The van der Waals surface area contributed by atoms with Crippen LogP contribution in [-0.4, -0.2) is 98.4 Å². The van der Waals surface area contributed by atoms with Crippen molar-refractivity contribution in [2.45, 2.75) is 114 Å². The number of pyridine rings is 1. The first kappa shape index (κ1) is 37.7. The molecule has 6 rings (SSSR count). The molecular formula is C39H50N6O8. The lowest BCUT2D eigenvalue weighted by Crippen LogP contribution is -2.58. The van der Waals surface area contributed by atoms with Crippen molar-refractivity contribution in [3.63, 3.8) is 0 Å². The molecular weight excluding hydrogens is 680 g/mol.